The van der Waals surface area contributed by atoms with Gasteiger partial charge in [-0.05, 0) is 54.7 Å². The van der Waals surface area contributed by atoms with Crippen LogP contribution in [0.25, 0.3) is 0 Å². The van der Waals surface area contributed by atoms with Gasteiger partial charge in [0.2, 0.25) is 0 Å². The molecule has 1 aliphatic rings. The van der Waals surface area contributed by atoms with Gasteiger partial charge in [-0.15, -0.1) is 22.7 Å². The van der Waals surface area contributed by atoms with Crippen LogP contribution in [-0.4, -0.2) is 11.8 Å². The Hall–Kier alpha value is -1.66. The van der Waals surface area contributed by atoms with Gasteiger partial charge >= 0.3 is 0 Å². The molecule has 6 heteroatoms. The number of anilines is 1. The highest BCUT2D eigenvalue weighted by Gasteiger charge is 2.27. The van der Waals surface area contributed by atoms with Crippen molar-refractivity contribution < 1.29 is 9.59 Å². The molecule has 1 unspecified atom stereocenters. The van der Waals surface area contributed by atoms with Gasteiger partial charge < -0.3 is 11.1 Å². The molecule has 2 aromatic heterocycles. The molecule has 116 valence electrons. The number of nitrogens with one attached hydrogen (secondary N) is 1. The molecule has 2 aromatic rings. The lowest BCUT2D eigenvalue weighted by atomic mass is 9.88. The summed E-state index contributed by atoms with van der Waals surface area (Å²) < 4.78 is 0. The van der Waals surface area contributed by atoms with Crippen molar-refractivity contribution >= 4 is 39.5 Å². The summed E-state index contributed by atoms with van der Waals surface area (Å²) in [4.78, 5) is 26.1. The number of hydrogen-bond acceptors (Lipinski definition) is 4. The number of carbonyl (C=O) groups is 2. The van der Waals surface area contributed by atoms with Crippen LogP contribution >= 0.6 is 22.7 Å². The Morgan fingerprint density at radius 1 is 1.41 bits per heavy atom. The maximum absolute atomic E-state index is 12.4. The van der Waals surface area contributed by atoms with Crippen molar-refractivity contribution in [3.8, 4) is 0 Å². The van der Waals surface area contributed by atoms with Crippen molar-refractivity contribution in [2.75, 3.05) is 5.32 Å². The molecule has 3 rings (SSSR count). The zero-order valence-electron chi connectivity index (χ0n) is 12.6. The summed E-state index contributed by atoms with van der Waals surface area (Å²) in [6, 6.07) is 1.91. The fourth-order valence-electron chi connectivity index (χ4n) is 2.86. The molecule has 2 amide bonds. The third-order valence-corrected chi connectivity index (χ3v) is 6.24. The SMILES string of the molecule is Cc1ccsc1C(=O)Nc1sc2c(c1C(N)=O)CCC(C)C2. The minimum absolute atomic E-state index is 0.165. The van der Waals surface area contributed by atoms with Crippen LogP contribution < -0.4 is 11.1 Å². The maximum Gasteiger partial charge on any atom is 0.266 e. The first kappa shape index (κ1) is 15.2. The van der Waals surface area contributed by atoms with Crippen molar-refractivity contribution in [2.24, 2.45) is 11.7 Å². The van der Waals surface area contributed by atoms with E-state index in [4.69, 9.17) is 5.73 Å². The average Bonchev–Trinajstić information content (AvgIpc) is 3.01. The fraction of sp³-hybridized carbons (Fsp3) is 0.375. The average molecular weight is 334 g/mol. The summed E-state index contributed by atoms with van der Waals surface area (Å²) in [5.41, 5.74) is 8.05. The van der Waals surface area contributed by atoms with Gasteiger partial charge in [0.1, 0.15) is 5.00 Å². The van der Waals surface area contributed by atoms with Crippen LogP contribution in [0.15, 0.2) is 11.4 Å². The van der Waals surface area contributed by atoms with E-state index in [2.05, 4.69) is 12.2 Å². The van der Waals surface area contributed by atoms with Crippen molar-refractivity contribution in [3.63, 3.8) is 0 Å². The Morgan fingerprint density at radius 3 is 2.82 bits per heavy atom. The molecule has 0 aliphatic heterocycles. The van der Waals surface area contributed by atoms with E-state index in [0.29, 0.717) is 21.4 Å². The number of nitrogens with two attached hydrogens (primary N) is 1. The fourth-order valence-corrected chi connectivity index (χ4v) is 5.10. The summed E-state index contributed by atoms with van der Waals surface area (Å²) in [7, 11) is 0. The van der Waals surface area contributed by atoms with Crippen LogP contribution in [-0.2, 0) is 12.8 Å². The van der Waals surface area contributed by atoms with Crippen LogP contribution in [0, 0.1) is 12.8 Å². The Labute approximate surface area is 137 Å². The molecule has 1 aliphatic carbocycles. The summed E-state index contributed by atoms with van der Waals surface area (Å²) in [5, 5.41) is 5.39. The van der Waals surface area contributed by atoms with Crippen LogP contribution in [0.2, 0.25) is 0 Å². The van der Waals surface area contributed by atoms with Gasteiger partial charge in [0.25, 0.3) is 11.8 Å². The molecule has 22 heavy (non-hydrogen) atoms. The number of hydrogen-bond donors (Lipinski definition) is 2. The number of rotatable bonds is 3. The first-order valence-corrected chi connectivity index (χ1v) is 8.96. The molecule has 3 N–H and O–H groups in total. The second kappa shape index (κ2) is 5.85. The second-order valence-corrected chi connectivity index (χ2v) is 7.83. The highest BCUT2D eigenvalue weighted by molar-refractivity contribution is 7.17. The molecule has 0 radical (unpaired) electrons. The number of thiophene rings is 2. The summed E-state index contributed by atoms with van der Waals surface area (Å²) in [6.45, 7) is 4.11. The molecule has 0 spiro atoms. The Balaban J connectivity index is 1.95. The predicted octanol–water partition coefficient (Wildman–Crippen LogP) is 3.59. The molecule has 4 nitrogen and oxygen atoms in total. The van der Waals surface area contributed by atoms with E-state index in [1.807, 2.05) is 18.4 Å². The van der Waals surface area contributed by atoms with E-state index in [1.54, 1.807) is 0 Å². The Morgan fingerprint density at radius 2 is 2.18 bits per heavy atom. The smallest absolute Gasteiger partial charge is 0.266 e. The van der Waals surface area contributed by atoms with E-state index in [1.165, 1.54) is 27.6 Å². The van der Waals surface area contributed by atoms with E-state index < -0.39 is 5.91 Å². The largest absolute Gasteiger partial charge is 0.365 e. The second-order valence-electron chi connectivity index (χ2n) is 5.81. The van der Waals surface area contributed by atoms with Gasteiger partial charge in [0, 0.05) is 4.88 Å². The molecule has 0 bridgehead atoms. The number of fused-ring (bicyclic) bond motifs is 1. The van der Waals surface area contributed by atoms with Gasteiger partial charge in [0.05, 0.1) is 10.4 Å². The first-order valence-electron chi connectivity index (χ1n) is 7.27. The van der Waals surface area contributed by atoms with Crippen molar-refractivity contribution in [1.29, 1.82) is 0 Å². The van der Waals surface area contributed by atoms with Crippen LogP contribution in [0.3, 0.4) is 0 Å². The normalized spacial score (nSPS) is 17.1. The number of amides is 2. The van der Waals surface area contributed by atoms with Gasteiger partial charge in [-0.3, -0.25) is 9.59 Å². The molecular formula is C16H18N2O2S2. The van der Waals surface area contributed by atoms with Gasteiger partial charge in [0.15, 0.2) is 0 Å². The van der Waals surface area contributed by atoms with Crippen LogP contribution in [0.4, 0.5) is 5.00 Å². The lowest BCUT2D eigenvalue weighted by Gasteiger charge is -2.18. The van der Waals surface area contributed by atoms with Gasteiger partial charge in [-0.2, -0.15) is 0 Å². The minimum Gasteiger partial charge on any atom is -0.365 e. The molecule has 2 heterocycles. The summed E-state index contributed by atoms with van der Waals surface area (Å²) in [6.07, 6.45) is 2.87. The van der Waals surface area contributed by atoms with Crippen molar-refractivity contribution in [3.05, 3.63) is 37.9 Å². The lowest BCUT2D eigenvalue weighted by Crippen LogP contribution is -2.19. The van der Waals surface area contributed by atoms with E-state index in [-0.39, 0.29) is 5.91 Å². The third-order valence-electron chi connectivity index (χ3n) is 4.05. The van der Waals surface area contributed by atoms with Crippen LogP contribution in [0.5, 0.6) is 0 Å². The van der Waals surface area contributed by atoms with E-state index in [0.717, 1.165) is 30.4 Å². The molecule has 0 saturated heterocycles. The topological polar surface area (TPSA) is 72.2 Å². The minimum atomic E-state index is -0.453. The van der Waals surface area contributed by atoms with E-state index >= 15 is 0 Å². The quantitative estimate of drug-likeness (QED) is 0.900. The van der Waals surface area contributed by atoms with Gasteiger partial charge in [-0.1, -0.05) is 6.92 Å². The molecule has 0 aromatic carbocycles. The molecular weight excluding hydrogens is 316 g/mol. The summed E-state index contributed by atoms with van der Waals surface area (Å²) in [5.74, 6) is -0.0122. The summed E-state index contributed by atoms with van der Waals surface area (Å²) >= 11 is 2.90. The monoisotopic (exact) mass is 334 g/mol. The predicted molar refractivity (Wildman–Crippen MR) is 91.0 cm³/mol. The zero-order chi connectivity index (χ0) is 15.9. The first-order chi connectivity index (χ1) is 10.5. The maximum atomic E-state index is 12.4. The van der Waals surface area contributed by atoms with Crippen molar-refractivity contribution in [2.45, 2.75) is 33.1 Å². The lowest BCUT2D eigenvalue weighted by molar-refractivity contribution is 0.1000. The highest BCUT2D eigenvalue weighted by atomic mass is 32.1. The molecule has 0 fully saturated rings. The number of primary amides is 1. The standard InChI is InChI=1S/C16H18N2O2S2/c1-8-3-4-10-11(7-8)22-16(12(10)14(17)19)18-15(20)13-9(2)5-6-21-13/h5-6,8H,3-4,7H2,1-2H3,(H2,17,19)(H,18,20). The van der Waals surface area contributed by atoms with E-state index in [9.17, 15) is 9.59 Å². The Bertz CT molecular complexity index is 745. The Kier molecular flexibility index (Phi) is 4.06. The number of carbonyl (C=O) groups excluding carboxylic acids is 2. The number of aryl methyl sites for hydroxylation is 1. The van der Waals surface area contributed by atoms with Gasteiger partial charge in [-0.25, -0.2) is 0 Å². The van der Waals surface area contributed by atoms with Crippen LogP contribution in [0.1, 0.15) is 49.4 Å². The zero-order valence-corrected chi connectivity index (χ0v) is 14.2. The molecule has 1 atom stereocenters. The third kappa shape index (κ3) is 2.68. The molecule has 0 saturated carbocycles. The van der Waals surface area contributed by atoms with Crippen molar-refractivity contribution in [1.82, 2.24) is 0 Å². The highest BCUT2D eigenvalue weighted by Crippen LogP contribution is 2.39.